The molecule has 0 aliphatic heterocycles. The molecule has 0 N–H and O–H groups in total. The number of nitrogens with zero attached hydrogens (tertiary/aromatic N) is 2. The van der Waals surface area contributed by atoms with E-state index >= 15 is 0 Å². The van der Waals surface area contributed by atoms with Gasteiger partial charge in [-0.1, -0.05) is 32.1 Å². The topological polar surface area (TPSA) is 25.8 Å². The first-order valence-electron chi connectivity index (χ1n) is 5.21. The van der Waals surface area contributed by atoms with E-state index in [0.29, 0.717) is 0 Å². The van der Waals surface area contributed by atoms with Crippen molar-refractivity contribution in [3.05, 3.63) is 24.0 Å². The summed E-state index contributed by atoms with van der Waals surface area (Å²) < 4.78 is 0. The van der Waals surface area contributed by atoms with Crippen LogP contribution >= 0.6 is 0 Å². The van der Waals surface area contributed by atoms with E-state index in [2.05, 4.69) is 16.3 Å². The molecule has 1 heterocycles. The lowest BCUT2D eigenvalue weighted by atomic mass is 9.85. The van der Waals surface area contributed by atoms with Crippen molar-refractivity contribution in [2.45, 2.75) is 38.5 Å². The Hall–Kier alpha value is -0.920. The molecule has 1 saturated carbocycles. The van der Waals surface area contributed by atoms with Crippen LogP contribution in [0, 0.1) is 5.92 Å². The van der Waals surface area contributed by atoms with E-state index in [0.717, 1.165) is 5.92 Å². The maximum Gasteiger partial charge on any atom is 0.0528 e. The van der Waals surface area contributed by atoms with Gasteiger partial charge < -0.3 is 0 Å². The zero-order valence-corrected chi connectivity index (χ0v) is 7.95. The Bertz CT molecular complexity index is 240. The van der Waals surface area contributed by atoms with Crippen LogP contribution in [0.2, 0.25) is 0 Å². The van der Waals surface area contributed by atoms with Crippen LogP contribution in [0.3, 0.4) is 0 Å². The molecule has 0 bridgehead atoms. The molecule has 2 heteroatoms. The van der Waals surface area contributed by atoms with Gasteiger partial charge in [-0.05, 0) is 24.0 Å². The van der Waals surface area contributed by atoms with Crippen LogP contribution in [0.5, 0.6) is 0 Å². The Labute approximate surface area is 79.4 Å². The zero-order valence-electron chi connectivity index (χ0n) is 7.95. The van der Waals surface area contributed by atoms with E-state index in [4.69, 9.17) is 0 Å². The molecule has 2 rings (SSSR count). The summed E-state index contributed by atoms with van der Waals surface area (Å²) in [7, 11) is 0. The second-order valence-electron chi connectivity index (χ2n) is 3.96. The van der Waals surface area contributed by atoms with Crippen molar-refractivity contribution in [3.63, 3.8) is 0 Å². The molecule has 1 aromatic rings. The summed E-state index contributed by atoms with van der Waals surface area (Å²) in [4.78, 5) is 0. The standard InChI is InChI=1S/C11H16N2/c1-2-4-10(5-3-1)8-11-6-7-12-13-9-11/h6-7,9-10H,1-5,8H2. The molecule has 2 nitrogen and oxygen atoms in total. The highest BCUT2D eigenvalue weighted by atomic mass is 15.1. The molecular weight excluding hydrogens is 160 g/mol. The molecule has 0 amide bonds. The van der Waals surface area contributed by atoms with E-state index in [9.17, 15) is 0 Å². The normalized spacial score (nSPS) is 18.8. The minimum Gasteiger partial charge on any atom is -0.159 e. The van der Waals surface area contributed by atoms with Crippen LogP contribution in [-0.4, -0.2) is 10.2 Å². The number of rotatable bonds is 2. The molecule has 1 aliphatic carbocycles. The van der Waals surface area contributed by atoms with E-state index in [1.807, 2.05) is 6.20 Å². The summed E-state index contributed by atoms with van der Waals surface area (Å²) in [5.74, 6) is 0.901. The number of aromatic nitrogens is 2. The van der Waals surface area contributed by atoms with Gasteiger partial charge in [0.05, 0.1) is 6.20 Å². The predicted octanol–water partition coefficient (Wildman–Crippen LogP) is 2.60. The molecule has 1 aromatic heterocycles. The van der Waals surface area contributed by atoms with E-state index < -0.39 is 0 Å². The van der Waals surface area contributed by atoms with Gasteiger partial charge in [0.2, 0.25) is 0 Å². The summed E-state index contributed by atoms with van der Waals surface area (Å²) in [6.45, 7) is 0. The number of hydrogen-bond acceptors (Lipinski definition) is 2. The lowest BCUT2D eigenvalue weighted by Gasteiger charge is -2.20. The summed E-state index contributed by atoms with van der Waals surface area (Å²) in [6, 6.07) is 2.08. The molecule has 0 aromatic carbocycles. The Morgan fingerprint density at radius 3 is 2.69 bits per heavy atom. The average Bonchev–Trinajstić information content (AvgIpc) is 2.21. The van der Waals surface area contributed by atoms with Gasteiger partial charge in [-0.3, -0.25) is 0 Å². The minimum atomic E-state index is 0.901. The highest BCUT2D eigenvalue weighted by Gasteiger charge is 2.13. The maximum absolute atomic E-state index is 3.90. The fourth-order valence-corrected chi connectivity index (χ4v) is 2.16. The van der Waals surface area contributed by atoms with Gasteiger partial charge in [0.25, 0.3) is 0 Å². The van der Waals surface area contributed by atoms with Crippen LogP contribution in [0.15, 0.2) is 18.5 Å². The molecule has 1 aliphatic rings. The Morgan fingerprint density at radius 1 is 1.15 bits per heavy atom. The van der Waals surface area contributed by atoms with Gasteiger partial charge in [0.15, 0.2) is 0 Å². The van der Waals surface area contributed by atoms with Crippen molar-refractivity contribution in [1.29, 1.82) is 0 Å². The van der Waals surface area contributed by atoms with E-state index in [1.165, 1.54) is 44.1 Å². The fourth-order valence-electron chi connectivity index (χ4n) is 2.16. The average molecular weight is 176 g/mol. The van der Waals surface area contributed by atoms with Crippen LogP contribution in [-0.2, 0) is 6.42 Å². The van der Waals surface area contributed by atoms with Gasteiger partial charge in [0.1, 0.15) is 0 Å². The monoisotopic (exact) mass is 176 g/mol. The maximum atomic E-state index is 3.90. The largest absolute Gasteiger partial charge is 0.159 e. The molecule has 1 fully saturated rings. The van der Waals surface area contributed by atoms with Crippen molar-refractivity contribution in [2.24, 2.45) is 5.92 Å². The fraction of sp³-hybridized carbons (Fsp3) is 0.636. The molecule has 0 spiro atoms. The molecule has 0 unspecified atom stereocenters. The van der Waals surface area contributed by atoms with Crippen molar-refractivity contribution < 1.29 is 0 Å². The third-order valence-corrected chi connectivity index (χ3v) is 2.89. The zero-order chi connectivity index (χ0) is 8.93. The highest BCUT2D eigenvalue weighted by molar-refractivity contribution is 5.06. The van der Waals surface area contributed by atoms with E-state index in [1.54, 1.807) is 6.20 Å². The number of hydrogen-bond donors (Lipinski definition) is 0. The quantitative estimate of drug-likeness (QED) is 0.692. The smallest absolute Gasteiger partial charge is 0.0528 e. The van der Waals surface area contributed by atoms with Crippen LogP contribution in [0.25, 0.3) is 0 Å². The second kappa shape index (κ2) is 4.35. The third kappa shape index (κ3) is 2.51. The molecule has 13 heavy (non-hydrogen) atoms. The minimum absolute atomic E-state index is 0.901. The summed E-state index contributed by atoms with van der Waals surface area (Å²) in [5, 5.41) is 7.69. The van der Waals surface area contributed by atoms with Crippen molar-refractivity contribution >= 4 is 0 Å². The van der Waals surface area contributed by atoms with Gasteiger partial charge in [0, 0.05) is 6.20 Å². The molecule has 70 valence electrons. The third-order valence-electron chi connectivity index (χ3n) is 2.89. The van der Waals surface area contributed by atoms with Gasteiger partial charge in [-0.25, -0.2) is 0 Å². The molecule has 0 atom stereocenters. The SMILES string of the molecule is c1cc(CC2CCCCC2)cnn1. The summed E-state index contributed by atoms with van der Waals surface area (Å²) in [6.07, 6.45) is 12.0. The van der Waals surface area contributed by atoms with Gasteiger partial charge >= 0.3 is 0 Å². The van der Waals surface area contributed by atoms with Crippen molar-refractivity contribution in [2.75, 3.05) is 0 Å². The van der Waals surface area contributed by atoms with Gasteiger partial charge in [-0.15, -0.1) is 0 Å². The summed E-state index contributed by atoms with van der Waals surface area (Å²) >= 11 is 0. The predicted molar refractivity (Wildman–Crippen MR) is 52.3 cm³/mol. The van der Waals surface area contributed by atoms with Crippen LogP contribution in [0.1, 0.15) is 37.7 Å². The van der Waals surface area contributed by atoms with Gasteiger partial charge in [-0.2, -0.15) is 10.2 Å². The Kier molecular flexibility index (Phi) is 2.90. The lowest BCUT2D eigenvalue weighted by Crippen LogP contribution is -2.09. The van der Waals surface area contributed by atoms with Crippen LogP contribution in [0.4, 0.5) is 0 Å². The Morgan fingerprint density at radius 2 is 2.00 bits per heavy atom. The van der Waals surface area contributed by atoms with Crippen LogP contribution < -0.4 is 0 Å². The van der Waals surface area contributed by atoms with Crippen molar-refractivity contribution in [3.8, 4) is 0 Å². The molecular formula is C11H16N2. The first-order chi connectivity index (χ1) is 6.45. The van der Waals surface area contributed by atoms with E-state index in [-0.39, 0.29) is 0 Å². The molecule has 0 radical (unpaired) electrons. The van der Waals surface area contributed by atoms with Crippen molar-refractivity contribution in [1.82, 2.24) is 10.2 Å². The first kappa shape index (κ1) is 8.67. The second-order valence-corrected chi connectivity index (χ2v) is 3.96. The lowest BCUT2D eigenvalue weighted by molar-refractivity contribution is 0.356. The highest BCUT2D eigenvalue weighted by Crippen LogP contribution is 2.26. The Balaban J connectivity index is 1.90. The summed E-state index contributed by atoms with van der Waals surface area (Å²) in [5.41, 5.74) is 1.35. The molecule has 0 saturated heterocycles. The first-order valence-corrected chi connectivity index (χ1v) is 5.21.